The SMILES string of the molecule is CCCCCCCCCOc1cc(CCN)ccc1OC. The molecular formula is C18H31NO2. The summed E-state index contributed by atoms with van der Waals surface area (Å²) in [5, 5.41) is 0. The number of ether oxygens (including phenoxy) is 2. The van der Waals surface area contributed by atoms with Crippen LogP contribution in [0.3, 0.4) is 0 Å². The van der Waals surface area contributed by atoms with E-state index in [-0.39, 0.29) is 0 Å². The van der Waals surface area contributed by atoms with Crippen LogP contribution in [0.25, 0.3) is 0 Å². The molecule has 3 heteroatoms. The Morgan fingerprint density at radius 3 is 2.33 bits per heavy atom. The molecule has 0 bridgehead atoms. The van der Waals surface area contributed by atoms with Gasteiger partial charge in [0.25, 0.3) is 0 Å². The number of hydrogen-bond donors (Lipinski definition) is 1. The first-order valence-corrected chi connectivity index (χ1v) is 8.31. The first-order valence-electron chi connectivity index (χ1n) is 8.31. The minimum atomic E-state index is 0.656. The summed E-state index contributed by atoms with van der Waals surface area (Å²) < 4.78 is 11.2. The van der Waals surface area contributed by atoms with E-state index in [1.165, 1.54) is 44.1 Å². The maximum Gasteiger partial charge on any atom is 0.161 e. The Hall–Kier alpha value is -1.22. The smallest absolute Gasteiger partial charge is 0.161 e. The molecule has 2 N–H and O–H groups in total. The van der Waals surface area contributed by atoms with Crippen LogP contribution in [0.15, 0.2) is 18.2 Å². The topological polar surface area (TPSA) is 44.5 Å². The third-order valence-electron chi connectivity index (χ3n) is 3.67. The minimum absolute atomic E-state index is 0.656. The second-order valence-corrected chi connectivity index (χ2v) is 5.49. The highest BCUT2D eigenvalue weighted by molar-refractivity contribution is 5.43. The summed E-state index contributed by atoms with van der Waals surface area (Å²) in [6, 6.07) is 6.06. The van der Waals surface area contributed by atoms with Crippen LogP contribution in [0.1, 0.15) is 57.4 Å². The largest absolute Gasteiger partial charge is 0.493 e. The maximum atomic E-state index is 5.88. The molecule has 0 heterocycles. The summed E-state index contributed by atoms with van der Waals surface area (Å²) in [4.78, 5) is 0. The van der Waals surface area contributed by atoms with Crippen molar-refractivity contribution in [1.29, 1.82) is 0 Å². The molecule has 3 nitrogen and oxygen atoms in total. The highest BCUT2D eigenvalue weighted by Gasteiger charge is 2.05. The molecule has 0 saturated heterocycles. The molecule has 0 fully saturated rings. The van der Waals surface area contributed by atoms with Crippen molar-refractivity contribution in [2.45, 2.75) is 58.3 Å². The van der Waals surface area contributed by atoms with E-state index >= 15 is 0 Å². The average molecular weight is 293 g/mol. The van der Waals surface area contributed by atoms with Gasteiger partial charge in [-0.1, -0.05) is 51.5 Å². The Labute approximate surface area is 129 Å². The first-order chi connectivity index (χ1) is 10.3. The molecule has 0 radical (unpaired) electrons. The predicted octanol–water partition coefficient (Wildman–Crippen LogP) is 4.33. The third kappa shape index (κ3) is 7.37. The summed E-state index contributed by atoms with van der Waals surface area (Å²) in [5.74, 6) is 1.65. The van der Waals surface area contributed by atoms with Gasteiger partial charge in [-0.05, 0) is 37.1 Å². The van der Waals surface area contributed by atoms with Crippen LogP contribution in [-0.2, 0) is 6.42 Å². The van der Waals surface area contributed by atoms with E-state index in [0.29, 0.717) is 6.54 Å². The summed E-state index contributed by atoms with van der Waals surface area (Å²) in [5.41, 5.74) is 6.80. The van der Waals surface area contributed by atoms with Crippen molar-refractivity contribution in [2.24, 2.45) is 5.73 Å². The summed E-state index contributed by atoms with van der Waals surface area (Å²) in [6.45, 7) is 3.67. The lowest BCUT2D eigenvalue weighted by molar-refractivity contribution is 0.284. The minimum Gasteiger partial charge on any atom is -0.493 e. The number of rotatable bonds is 12. The standard InChI is InChI=1S/C18H31NO2/c1-3-4-5-6-7-8-9-14-21-18-15-16(12-13-19)10-11-17(18)20-2/h10-11,15H,3-9,12-14,19H2,1-2H3. The van der Waals surface area contributed by atoms with Gasteiger partial charge in [0.05, 0.1) is 13.7 Å². The van der Waals surface area contributed by atoms with E-state index in [9.17, 15) is 0 Å². The van der Waals surface area contributed by atoms with Crippen LogP contribution < -0.4 is 15.2 Å². The monoisotopic (exact) mass is 293 g/mol. The lowest BCUT2D eigenvalue weighted by Crippen LogP contribution is -2.04. The van der Waals surface area contributed by atoms with Gasteiger partial charge in [-0.25, -0.2) is 0 Å². The second-order valence-electron chi connectivity index (χ2n) is 5.49. The molecule has 1 aromatic carbocycles. The fourth-order valence-corrected chi connectivity index (χ4v) is 2.40. The highest BCUT2D eigenvalue weighted by atomic mass is 16.5. The van der Waals surface area contributed by atoms with Gasteiger partial charge < -0.3 is 15.2 Å². The fourth-order valence-electron chi connectivity index (χ4n) is 2.40. The predicted molar refractivity (Wildman–Crippen MR) is 89.2 cm³/mol. The number of hydrogen-bond acceptors (Lipinski definition) is 3. The van der Waals surface area contributed by atoms with E-state index in [0.717, 1.165) is 30.9 Å². The zero-order chi connectivity index (χ0) is 15.3. The molecule has 0 atom stereocenters. The maximum absolute atomic E-state index is 5.88. The van der Waals surface area contributed by atoms with Gasteiger partial charge in [-0.2, -0.15) is 0 Å². The molecule has 1 rings (SSSR count). The summed E-state index contributed by atoms with van der Waals surface area (Å²) >= 11 is 0. The average Bonchev–Trinajstić information content (AvgIpc) is 2.50. The molecule has 0 aliphatic rings. The highest BCUT2D eigenvalue weighted by Crippen LogP contribution is 2.28. The van der Waals surface area contributed by atoms with Crippen LogP contribution >= 0.6 is 0 Å². The van der Waals surface area contributed by atoms with Gasteiger partial charge in [0.1, 0.15) is 0 Å². The number of methoxy groups -OCH3 is 1. The molecule has 21 heavy (non-hydrogen) atoms. The Balaban J connectivity index is 2.28. The van der Waals surface area contributed by atoms with Crippen molar-refractivity contribution < 1.29 is 9.47 Å². The van der Waals surface area contributed by atoms with Crippen LogP contribution in [0.5, 0.6) is 11.5 Å². The fraction of sp³-hybridized carbons (Fsp3) is 0.667. The molecule has 0 aromatic heterocycles. The Morgan fingerprint density at radius 2 is 1.67 bits per heavy atom. The van der Waals surface area contributed by atoms with Crippen molar-refractivity contribution in [3.8, 4) is 11.5 Å². The van der Waals surface area contributed by atoms with Gasteiger partial charge in [0, 0.05) is 0 Å². The quantitative estimate of drug-likeness (QED) is 0.583. The molecular weight excluding hydrogens is 262 g/mol. The Morgan fingerprint density at radius 1 is 0.952 bits per heavy atom. The van der Waals surface area contributed by atoms with Gasteiger partial charge in [-0.3, -0.25) is 0 Å². The Kier molecular flexibility index (Phi) is 9.71. The Bertz CT molecular complexity index is 379. The van der Waals surface area contributed by atoms with E-state index in [1.807, 2.05) is 18.2 Å². The van der Waals surface area contributed by atoms with Gasteiger partial charge in [0.2, 0.25) is 0 Å². The summed E-state index contributed by atoms with van der Waals surface area (Å²) in [6.07, 6.45) is 9.93. The molecule has 0 saturated carbocycles. The van der Waals surface area contributed by atoms with Crippen molar-refractivity contribution in [2.75, 3.05) is 20.3 Å². The zero-order valence-electron chi connectivity index (χ0n) is 13.7. The molecule has 1 aromatic rings. The third-order valence-corrected chi connectivity index (χ3v) is 3.67. The van der Waals surface area contributed by atoms with Crippen molar-refractivity contribution >= 4 is 0 Å². The molecule has 0 unspecified atom stereocenters. The van der Waals surface area contributed by atoms with E-state index in [2.05, 4.69) is 6.92 Å². The lowest BCUT2D eigenvalue weighted by atomic mass is 10.1. The molecule has 120 valence electrons. The van der Waals surface area contributed by atoms with Gasteiger partial charge in [0.15, 0.2) is 11.5 Å². The van der Waals surface area contributed by atoms with E-state index in [1.54, 1.807) is 7.11 Å². The normalized spacial score (nSPS) is 10.6. The van der Waals surface area contributed by atoms with Crippen LogP contribution in [0.2, 0.25) is 0 Å². The number of unbranched alkanes of at least 4 members (excludes halogenated alkanes) is 6. The molecule has 0 aliphatic carbocycles. The van der Waals surface area contributed by atoms with Crippen LogP contribution in [0.4, 0.5) is 0 Å². The molecule has 0 spiro atoms. The summed E-state index contributed by atoms with van der Waals surface area (Å²) in [7, 11) is 1.68. The second kappa shape index (κ2) is 11.4. The number of nitrogens with two attached hydrogens (primary N) is 1. The molecule has 0 amide bonds. The van der Waals surface area contributed by atoms with Crippen molar-refractivity contribution in [3.63, 3.8) is 0 Å². The molecule has 0 aliphatic heterocycles. The number of benzene rings is 1. The van der Waals surface area contributed by atoms with E-state index < -0.39 is 0 Å². The van der Waals surface area contributed by atoms with Crippen LogP contribution in [0, 0.1) is 0 Å². The van der Waals surface area contributed by atoms with E-state index in [4.69, 9.17) is 15.2 Å². The first kappa shape index (κ1) is 17.8. The van der Waals surface area contributed by atoms with Crippen molar-refractivity contribution in [1.82, 2.24) is 0 Å². The zero-order valence-corrected chi connectivity index (χ0v) is 13.7. The van der Waals surface area contributed by atoms with Gasteiger partial charge in [-0.15, -0.1) is 0 Å². The van der Waals surface area contributed by atoms with Crippen molar-refractivity contribution in [3.05, 3.63) is 23.8 Å². The van der Waals surface area contributed by atoms with Crippen LogP contribution in [-0.4, -0.2) is 20.3 Å². The lowest BCUT2D eigenvalue weighted by Gasteiger charge is -2.12. The van der Waals surface area contributed by atoms with Gasteiger partial charge >= 0.3 is 0 Å².